The first-order chi connectivity index (χ1) is 18.9. The molecule has 3 heterocycles. The molecule has 2 aromatic carbocycles. The second-order valence-electron chi connectivity index (χ2n) is 9.70. The average molecular weight is 530 g/mol. The molecule has 0 saturated carbocycles. The molecule has 0 spiro atoms. The molecule has 2 amide bonds. The van der Waals surface area contributed by atoms with Crippen molar-refractivity contribution in [1.29, 1.82) is 0 Å². The van der Waals surface area contributed by atoms with E-state index < -0.39 is 0 Å². The number of amides is 2. The van der Waals surface area contributed by atoms with E-state index in [4.69, 9.17) is 9.84 Å². The zero-order chi connectivity index (χ0) is 27.4. The van der Waals surface area contributed by atoms with Gasteiger partial charge in [0.1, 0.15) is 23.2 Å². The Labute approximate surface area is 227 Å². The molecule has 1 fully saturated rings. The highest BCUT2D eigenvalue weighted by Crippen LogP contribution is 2.31. The number of nitrogens with zero attached hydrogens (tertiary/aromatic N) is 5. The zero-order valence-corrected chi connectivity index (χ0v) is 22.3. The summed E-state index contributed by atoms with van der Waals surface area (Å²) in [5, 5.41) is 11.0. The molecule has 0 aliphatic carbocycles. The first-order valence-corrected chi connectivity index (χ1v) is 12.9. The summed E-state index contributed by atoms with van der Waals surface area (Å²) in [5.74, 6) is 0.952. The van der Waals surface area contributed by atoms with E-state index in [0.29, 0.717) is 30.5 Å². The van der Waals surface area contributed by atoms with Gasteiger partial charge in [0.25, 0.3) is 0 Å². The fourth-order valence-electron chi connectivity index (χ4n) is 4.98. The topological polar surface area (TPSA) is 97.2 Å². The van der Waals surface area contributed by atoms with Crippen molar-refractivity contribution in [2.75, 3.05) is 38.7 Å². The number of para-hydroxylation sites is 1. The van der Waals surface area contributed by atoms with E-state index >= 15 is 0 Å². The van der Waals surface area contributed by atoms with Gasteiger partial charge in [0, 0.05) is 56.2 Å². The Morgan fingerprint density at radius 1 is 1.05 bits per heavy atom. The van der Waals surface area contributed by atoms with E-state index in [1.807, 2.05) is 44.2 Å². The second-order valence-corrected chi connectivity index (χ2v) is 9.70. The van der Waals surface area contributed by atoms with Crippen molar-refractivity contribution in [3.8, 4) is 16.9 Å². The molecule has 5 rings (SSSR count). The molecule has 4 aromatic rings. The van der Waals surface area contributed by atoms with Crippen LogP contribution >= 0.6 is 0 Å². The van der Waals surface area contributed by atoms with Crippen LogP contribution in [0.3, 0.4) is 0 Å². The lowest BCUT2D eigenvalue weighted by molar-refractivity contribution is 0.159. The highest BCUT2D eigenvalue weighted by atomic mass is 19.1. The van der Waals surface area contributed by atoms with Gasteiger partial charge in [-0.3, -0.25) is 10.2 Å². The standard InChI is InChI=1S/C29H32FN7O2/c1-19-27(22-15-31-20(2)32-16-22)35-37(24-7-5-4-6-8-24)28(19)34-29(38)33-26-18-36(13-14-39-3)17-25(26)21-9-11-23(30)12-10-21/h4-12,15-16,25-26H,13-14,17-18H2,1-3H3,(H2,33,34,38). The quantitative estimate of drug-likeness (QED) is 0.353. The lowest BCUT2D eigenvalue weighted by Crippen LogP contribution is -2.42. The zero-order valence-electron chi connectivity index (χ0n) is 22.3. The number of carbonyl (C=O) groups is 1. The van der Waals surface area contributed by atoms with Gasteiger partial charge in [-0.25, -0.2) is 23.8 Å². The number of anilines is 1. The number of likely N-dealkylation sites (tertiary alicyclic amines) is 1. The van der Waals surface area contributed by atoms with Crippen LogP contribution in [0.25, 0.3) is 16.9 Å². The monoisotopic (exact) mass is 529 g/mol. The van der Waals surface area contributed by atoms with E-state index in [9.17, 15) is 9.18 Å². The summed E-state index contributed by atoms with van der Waals surface area (Å²) in [4.78, 5) is 24.3. The number of ether oxygens (including phenoxy) is 1. The summed E-state index contributed by atoms with van der Waals surface area (Å²) in [6, 6.07) is 15.6. The van der Waals surface area contributed by atoms with Gasteiger partial charge in [0.15, 0.2) is 0 Å². The highest BCUT2D eigenvalue weighted by molar-refractivity contribution is 5.91. The minimum absolute atomic E-state index is 0.00797. The normalized spacial score (nSPS) is 17.3. The number of methoxy groups -OCH3 is 1. The number of halogens is 1. The van der Waals surface area contributed by atoms with E-state index in [2.05, 4.69) is 25.5 Å². The number of rotatable bonds is 8. The second kappa shape index (κ2) is 11.7. The van der Waals surface area contributed by atoms with Crippen LogP contribution in [0.15, 0.2) is 67.0 Å². The molecule has 202 valence electrons. The van der Waals surface area contributed by atoms with Crippen molar-refractivity contribution in [2.45, 2.75) is 25.8 Å². The van der Waals surface area contributed by atoms with Gasteiger partial charge in [0.05, 0.1) is 18.3 Å². The van der Waals surface area contributed by atoms with Gasteiger partial charge in [-0.1, -0.05) is 30.3 Å². The number of urea groups is 1. The van der Waals surface area contributed by atoms with Gasteiger partial charge < -0.3 is 10.1 Å². The third-order valence-electron chi connectivity index (χ3n) is 7.03. The van der Waals surface area contributed by atoms with Crippen LogP contribution in [0, 0.1) is 19.7 Å². The molecule has 2 unspecified atom stereocenters. The number of benzene rings is 2. The minimum atomic E-state index is -0.340. The first-order valence-electron chi connectivity index (χ1n) is 12.9. The highest BCUT2D eigenvalue weighted by Gasteiger charge is 2.35. The number of nitrogens with one attached hydrogen (secondary N) is 2. The van der Waals surface area contributed by atoms with Crippen molar-refractivity contribution < 1.29 is 13.9 Å². The number of aryl methyl sites for hydroxylation is 1. The molecule has 10 heteroatoms. The Morgan fingerprint density at radius 2 is 1.77 bits per heavy atom. The Morgan fingerprint density at radius 3 is 2.46 bits per heavy atom. The Kier molecular flexibility index (Phi) is 7.94. The molecule has 0 bridgehead atoms. The number of hydrogen-bond acceptors (Lipinski definition) is 6. The Hall–Kier alpha value is -4.15. The molecule has 0 radical (unpaired) electrons. The Bertz CT molecular complexity index is 1410. The lowest BCUT2D eigenvalue weighted by atomic mass is 9.94. The molecular formula is C29H32FN7O2. The molecular weight excluding hydrogens is 497 g/mol. The van der Waals surface area contributed by atoms with Gasteiger partial charge >= 0.3 is 6.03 Å². The molecule has 1 aliphatic heterocycles. The predicted octanol–water partition coefficient (Wildman–Crippen LogP) is 4.32. The number of carbonyl (C=O) groups excluding carboxylic acids is 1. The maximum Gasteiger partial charge on any atom is 0.320 e. The van der Waals surface area contributed by atoms with Crippen LogP contribution in [-0.2, 0) is 4.74 Å². The summed E-state index contributed by atoms with van der Waals surface area (Å²) in [5.41, 5.74) is 4.03. The van der Waals surface area contributed by atoms with Crippen LogP contribution in [0.1, 0.15) is 22.9 Å². The summed E-state index contributed by atoms with van der Waals surface area (Å²) in [6.07, 6.45) is 3.47. The van der Waals surface area contributed by atoms with E-state index in [1.165, 1.54) is 12.1 Å². The van der Waals surface area contributed by atoms with E-state index in [-0.39, 0.29) is 23.8 Å². The number of aromatic nitrogens is 4. The smallest absolute Gasteiger partial charge is 0.320 e. The van der Waals surface area contributed by atoms with Gasteiger partial charge in [-0.05, 0) is 43.7 Å². The van der Waals surface area contributed by atoms with Crippen molar-refractivity contribution in [3.05, 3.63) is 89.8 Å². The van der Waals surface area contributed by atoms with E-state index in [0.717, 1.165) is 35.5 Å². The lowest BCUT2D eigenvalue weighted by Gasteiger charge is -2.21. The van der Waals surface area contributed by atoms with Crippen LogP contribution in [-0.4, -0.2) is 70.1 Å². The fraction of sp³-hybridized carbons (Fsp3) is 0.310. The molecule has 1 saturated heterocycles. The van der Waals surface area contributed by atoms with Gasteiger partial charge in [-0.2, -0.15) is 5.10 Å². The SMILES string of the molecule is COCCN1CC(NC(=O)Nc2c(C)c(-c3cnc(C)nc3)nn2-c2ccccc2)C(c2ccc(F)cc2)C1. The summed E-state index contributed by atoms with van der Waals surface area (Å²) < 4.78 is 20.6. The molecule has 2 atom stereocenters. The van der Waals surface area contributed by atoms with Crippen molar-refractivity contribution in [2.24, 2.45) is 0 Å². The van der Waals surface area contributed by atoms with Crippen molar-refractivity contribution in [3.63, 3.8) is 0 Å². The molecule has 2 N–H and O–H groups in total. The molecule has 1 aliphatic rings. The average Bonchev–Trinajstić information content (AvgIpc) is 3.49. The fourth-order valence-corrected chi connectivity index (χ4v) is 4.98. The summed E-state index contributed by atoms with van der Waals surface area (Å²) >= 11 is 0. The van der Waals surface area contributed by atoms with Crippen LogP contribution in [0.5, 0.6) is 0 Å². The van der Waals surface area contributed by atoms with Crippen LogP contribution < -0.4 is 10.6 Å². The van der Waals surface area contributed by atoms with Crippen LogP contribution in [0.4, 0.5) is 15.0 Å². The maximum atomic E-state index is 13.6. The largest absolute Gasteiger partial charge is 0.383 e. The third-order valence-corrected chi connectivity index (χ3v) is 7.03. The van der Waals surface area contributed by atoms with Crippen LogP contribution in [0.2, 0.25) is 0 Å². The van der Waals surface area contributed by atoms with Gasteiger partial charge in [-0.15, -0.1) is 0 Å². The number of hydrogen-bond donors (Lipinski definition) is 2. The van der Waals surface area contributed by atoms with E-state index in [1.54, 1.807) is 36.3 Å². The maximum absolute atomic E-state index is 13.6. The molecule has 9 nitrogen and oxygen atoms in total. The molecule has 39 heavy (non-hydrogen) atoms. The van der Waals surface area contributed by atoms with Gasteiger partial charge in [0.2, 0.25) is 0 Å². The predicted molar refractivity (Wildman–Crippen MR) is 147 cm³/mol. The first kappa shape index (κ1) is 26.5. The third kappa shape index (κ3) is 5.97. The molecule has 2 aromatic heterocycles. The Balaban J connectivity index is 1.41. The van der Waals surface area contributed by atoms with Crippen molar-refractivity contribution in [1.82, 2.24) is 30.0 Å². The minimum Gasteiger partial charge on any atom is -0.383 e. The van der Waals surface area contributed by atoms with Crippen molar-refractivity contribution >= 4 is 11.8 Å². The summed E-state index contributed by atoms with van der Waals surface area (Å²) in [7, 11) is 1.67. The summed E-state index contributed by atoms with van der Waals surface area (Å²) in [6.45, 7) is 6.47.